The Labute approximate surface area is 122 Å². The van der Waals surface area contributed by atoms with Crippen molar-refractivity contribution in [1.82, 2.24) is 9.36 Å². The number of hydrogen-bond acceptors (Lipinski definition) is 6. The van der Waals surface area contributed by atoms with Gasteiger partial charge in [-0.2, -0.15) is 4.37 Å². The van der Waals surface area contributed by atoms with E-state index in [1.165, 1.54) is 11.5 Å². The number of rotatable bonds is 5. The summed E-state index contributed by atoms with van der Waals surface area (Å²) in [5, 5.41) is 7.59. The van der Waals surface area contributed by atoms with Crippen molar-refractivity contribution in [3.05, 3.63) is 11.1 Å². The first-order chi connectivity index (χ1) is 9.02. The minimum absolute atomic E-state index is 0.430. The maximum Gasteiger partial charge on any atom is 0.149 e. The molecule has 0 bridgehead atoms. The number of hydrogen-bond donors (Lipinski definition) is 2. The Morgan fingerprint density at radius 3 is 2.68 bits per heavy atom. The zero-order chi connectivity index (χ0) is 14.0. The molecule has 2 heterocycles. The first kappa shape index (κ1) is 14.3. The van der Waals surface area contributed by atoms with Gasteiger partial charge in [0.05, 0.1) is 5.56 Å². The Balaban J connectivity index is 2.32. The molecule has 2 aromatic rings. The number of thiazole rings is 1. The second-order valence-corrected chi connectivity index (χ2v) is 6.60. The van der Waals surface area contributed by atoms with Crippen LogP contribution in [0.3, 0.4) is 0 Å². The molecule has 4 nitrogen and oxygen atoms in total. The third-order valence-electron chi connectivity index (χ3n) is 3.11. The molecule has 3 N–H and O–H groups in total. The summed E-state index contributed by atoms with van der Waals surface area (Å²) in [6.07, 6.45) is 1.08. The van der Waals surface area contributed by atoms with Gasteiger partial charge in [0.15, 0.2) is 0 Å². The lowest BCUT2D eigenvalue weighted by molar-refractivity contribution is 0.512. The van der Waals surface area contributed by atoms with Crippen molar-refractivity contribution < 1.29 is 0 Å². The standard InChI is InChI=1S/C13H20N4S2/c1-5-9(7(2)3)16-13-10(11(14)17-19-13)12-15-8(4)6-18-12/h6-7,9,16H,5H2,1-4H3,(H2,14,17). The van der Waals surface area contributed by atoms with Gasteiger partial charge in [-0.3, -0.25) is 0 Å². The highest BCUT2D eigenvalue weighted by Gasteiger charge is 2.20. The minimum atomic E-state index is 0.430. The highest BCUT2D eigenvalue weighted by molar-refractivity contribution is 7.15. The van der Waals surface area contributed by atoms with E-state index in [2.05, 4.69) is 35.4 Å². The molecule has 0 fully saturated rings. The van der Waals surface area contributed by atoms with Crippen LogP contribution in [0.2, 0.25) is 0 Å². The number of nitrogens with two attached hydrogens (primary N) is 1. The fourth-order valence-electron chi connectivity index (χ4n) is 1.98. The van der Waals surface area contributed by atoms with E-state index in [0.29, 0.717) is 17.8 Å². The van der Waals surface area contributed by atoms with Crippen molar-refractivity contribution in [2.45, 2.75) is 40.2 Å². The van der Waals surface area contributed by atoms with Crippen molar-refractivity contribution >= 4 is 33.7 Å². The molecule has 2 aromatic heterocycles. The van der Waals surface area contributed by atoms with E-state index in [9.17, 15) is 0 Å². The Morgan fingerprint density at radius 2 is 2.16 bits per heavy atom. The summed E-state index contributed by atoms with van der Waals surface area (Å²) in [6, 6.07) is 0.430. The summed E-state index contributed by atoms with van der Waals surface area (Å²) in [6.45, 7) is 8.62. The van der Waals surface area contributed by atoms with Crippen molar-refractivity contribution in [3.8, 4) is 10.6 Å². The van der Waals surface area contributed by atoms with Crippen molar-refractivity contribution in [3.63, 3.8) is 0 Å². The van der Waals surface area contributed by atoms with E-state index in [4.69, 9.17) is 5.73 Å². The third kappa shape index (κ3) is 3.06. The van der Waals surface area contributed by atoms with E-state index < -0.39 is 0 Å². The molecule has 0 aliphatic rings. The fourth-order valence-corrected chi connectivity index (χ4v) is 3.68. The zero-order valence-electron chi connectivity index (χ0n) is 11.7. The van der Waals surface area contributed by atoms with Crippen LogP contribution in [-0.4, -0.2) is 15.4 Å². The van der Waals surface area contributed by atoms with Gasteiger partial charge in [0.25, 0.3) is 0 Å². The van der Waals surface area contributed by atoms with E-state index in [1.807, 2.05) is 12.3 Å². The molecule has 2 rings (SSSR count). The molecule has 0 saturated heterocycles. The molecule has 1 atom stereocenters. The maximum atomic E-state index is 6.00. The lowest BCUT2D eigenvalue weighted by atomic mass is 10.0. The molecular weight excluding hydrogens is 276 g/mol. The van der Waals surface area contributed by atoms with Crippen LogP contribution in [0, 0.1) is 12.8 Å². The summed E-state index contributed by atoms with van der Waals surface area (Å²) in [5.41, 5.74) is 7.98. The highest BCUT2D eigenvalue weighted by Crippen LogP contribution is 2.39. The van der Waals surface area contributed by atoms with Gasteiger partial charge in [-0.15, -0.1) is 11.3 Å². The van der Waals surface area contributed by atoms with Gasteiger partial charge in [0.1, 0.15) is 15.8 Å². The smallest absolute Gasteiger partial charge is 0.149 e. The molecule has 104 valence electrons. The Bertz CT molecular complexity index is 545. The number of aromatic nitrogens is 2. The second kappa shape index (κ2) is 5.88. The minimum Gasteiger partial charge on any atom is -0.382 e. The van der Waals surface area contributed by atoms with Crippen molar-refractivity contribution in [2.75, 3.05) is 11.1 Å². The summed E-state index contributed by atoms with van der Waals surface area (Å²) < 4.78 is 4.27. The van der Waals surface area contributed by atoms with E-state index >= 15 is 0 Å². The van der Waals surface area contributed by atoms with Crippen LogP contribution in [0.4, 0.5) is 10.8 Å². The van der Waals surface area contributed by atoms with Gasteiger partial charge in [0, 0.05) is 17.1 Å². The number of aryl methyl sites for hydroxylation is 1. The number of anilines is 2. The first-order valence-corrected chi connectivity index (χ1v) is 8.12. The van der Waals surface area contributed by atoms with E-state index in [-0.39, 0.29) is 0 Å². The van der Waals surface area contributed by atoms with Gasteiger partial charge in [0.2, 0.25) is 0 Å². The Kier molecular flexibility index (Phi) is 4.42. The summed E-state index contributed by atoms with van der Waals surface area (Å²) in [4.78, 5) is 4.52. The summed E-state index contributed by atoms with van der Waals surface area (Å²) in [5.74, 6) is 1.14. The number of nitrogens with one attached hydrogen (secondary N) is 1. The molecule has 0 aliphatic carbocycles. The first-order valence-electron chi connectivity index (χ1n) is 6.47. The molecule has 1 unspecified atom stereocenters. The van der Waals surface area contributed by atoms with Crippen LogP contribution in [0.15, 0.2) is 5.38 Å². The van der Waals surface area contributed by atoms with Crippen LogP contribution in [-0.2, 0) is 0 Å². The summed E-state index contributed by atoms with van der Waals surface area (Å²) >= 11 is 3.04. The third-order valence-corrected chi connectivity index (χ3v) is 4.88. The molecule has 19 heavy (non-hydrogen) atoms. The average molecular weight is 296 g/mol. The van der Waals surface area contributed by atoms with Crippen LogP contribution in [0.5, 0.6) is 0 Å². The van der Waals surface area contributed by atoms with Crippen molar-refractivity contribution in [2.24, 2.45) is 5.92 Å². The molecular formula is C13H20N4S2. The van der Waals surface area contributed by atoms with E-state index in [1.54, 1.807) is 11.3 Å². The lowest BCUT2D eigenvalue weighted by Gasteiger charge is -2.21. The zero-order valence-corrected chi connectivity index (χ0v) is 13.4. The largest absolute Gasteiger partial charge is 0.382 e. The SMILES string of the molecule is CCC(Nc1snc(N)c1-c1nc(C)cs1)C(C)C. The maximum absolute atomic E-state index is 6.00. The lowest BCUT2D eigenvalue weighted by Crippen LogP contribution is -2.24. The Morgan fingerprint density at radius 1 is 1.42 bits per heavy atom. The number of nitrogens with zero attached hydrogens (tertiary/aromatic N) is 2. The molecule has 0 radical (unpaired) electrons. The normalized spacial score (nSPS) is 12.9. The van der Waals surface area contributed by atoms with Crippen LogP contribution >= 0.6 is 22.9 Å². The van der Waals surface area contributed by atoms with Gasteiger partial charge in [-0.1, -0.05) is 20.8 Å². The molecule has 0 aromatic carbocycles. The monoisotopic (exact) mass is 296 g/mol. The topological polar surface area (TPSA) is 63.8 Å². The molecule has 0 spiro atoms. The predicted molar refractivity (Wildman–Crippen MR) is 84.9 cm³/mol. The average Bonchev–Trinajstić information content (AvgIpc) is 2.92. The van der Waals surface area contributed by atoms with Gasteiger partial charge < -0.3 is 11.1 Å². The van der Waals surface area contributed by atoms with Gasteiger partial charge >= 0.3 is 0 Å². The van der Waals surface area contributed by atoms with Gasteiger partial charge in [-0.25, -0.2) is 4.98 Å². The second-order valence-electron chi connectivity index (χ2n) is 4.97. The molecule has 6 heteroatoms. The van der Waals surface area contributed by atoms with Gasteiger partial charge in [-0.05, 0) is 30.8 Å². The molecule has 0 saturated carbocycles. The van der Waals surface area contributed by atoms with Crippen LogP contribution in [0.1, 0.15) is 32.9 Å². The number of nitrogen functional groups attached to an aromatic ring is 1. The molecule has 0 aliphatic heterocycles. The van der Waals surface area contributed by atoms with E-state index in [0.717, 1.165) is 27.7 Å². The van der Waals surface area contributed by atoms with Crippen LogP contribution < -0.4 is 11.1 Å². The highest BCUT2D eigenvalue weighted by atomic mass is 32.1. The fraction of sp³-hybridized carbons (Fsp3) is 0.538. The van der Waals surface area contributed by atoms with Crippen LogP contribution in [0.25, 0.3) is 10.6 Å². The quantitative estimate of drug-likeness (QED) is 0.875. The summed E-state index contributed by atoms with van der Waals surface area (Å²) in [7, 11) is 0. The van der Waals surface area contributed by atoms with Crippen molar-refractivity contribution in [1.29, 1.82) is 0 Å². The predicted octanol–water partition coefficient (Wildman–Crippen LogP) is 4.00. The molecule has 0 amide bonds. The Hall–Kier alpha value is -1.14.